The van der Waals surface area contributed by atoms with E-state index in [9.17, 15) is 18.3 Å². The number of aliphatic hydroxyl groups is 1. The summed E-state index contributed by atoms with van der Waals surface area (Å²) in [6.45, 7) is -0.0178. The number of carboxylic acids is 1. The monoisotopic (exact) mass is 285 g/mol. The van der Waals surface area contributed by atoms with Gasteiger partial charge in [-0.15, -0.1) is 0 Å². The van der Waals surface area contributed by atoms with Crippen LogP contribution in [0.25, 0.3) is 0 Å². The summed E-state index contributed by atoms with van der Waals surface area (Å²) in [6.07, 6.45) is 2.08. The molecule has 1 aromatic carbocycles. The van der Waals surface area contributed by atoms with Crippen LogP contribution in [-0.2, 0) is 10.0 Å². The summed E-state index contributed by atoms with van der Waals surface area (Å²) in [5.74, 6) is -1.11. The van der Waals surface area contributed by atoms with Gasteiger partial charge in [0.05, 0.1) is 16.1 Å². The van der Waals surface area contributed by atoms with Gasteiger partial charge in [0, 0.05) is 6.54 Å². The molecule has 1 saturated carbocycles. The quantitative estimate of drug-likeness (QED) is 0.734. The molecule has 0 unspecified atom stereocenters. The first kappa shape index (κ1) is 14.0. The average Bonchev–Trinajstić information content (AvgIpc) is 2.34. The maximum Gasteiger partial charge on any atom is 0.335 e. The van der Waals surface area contributed by atoms with Crippen molar-refractivity contribution in [1.82, 2.24) is 4.72 Å². The van der Waals surface area contributed by atoms with Gasteiger partial charge in [0.25, 0.3) is 0 Å². The molecular weight excluding hydrogens is 270 g/mol. The van der Waals surface area contributed by atoms with Gasteiger partial charge in [-0.25, -0.2) is 17.9 Å². The van der Waals surface area contributed by atoms with Crippen molar-refractivity contribution in [3.63, 3.8) is 0 Å². The molecule has 7 heteroatoms. The highest BCUT2D eigenvalue weighted by Gasteiger charge is 2.35. The summed E-state index contributed by atoms with van der Waals surface area (Å²) in [7, 11) is -3.72. The predicted molar refractivity (Wildman–Crippen MR) is 67.4 cm³/mol. The van der Waals surface area contributed by atoms with Crippen LogP contribution in [0.5, 0.6) is 0 Å². The van der Waals surface area contributed by atoms with E-state index in [2.05, 4.69) is 4.72 Å². The Kier molecular flexibility index (Phi) is 3.62. The first-order valence-corrected chi connectivity index (χ1v) is 7.36. The van der Waals surface area contributed by atoms with Crippen molar-refractivity contribution in [3.8, 4) is 0 Å². The number of carboxylic acid groups (broad SMARTS) is 1. The van der Waals surface area contributed by atoms with Gasteiger partial charge in [0.1, 0.15) is 0 Å². The highest BCUT2D eigenvalue weighted by Crippen LogP contribution is 2.31. The van der Waals surface area contributed by atoms with E-state index in [1.165, 1.54) is 24.3 Å². The van der Waals surface area contributed by atoms with Crippen molar-refractivity contribution in [2.75, 3.05) is 6.54 Å². The summed E-state index contributed by atoms with van der Waals surface area (Å²) >= 11 is 0. The molecular formula is C12H15NO5S. The molecule has 0 atom stereocenters. The zero-order chi connectivity index (χ0) is 14.1. The molecule has 1 aliphatic carbocycles. The number of nitrogens with one attached hydrogen (secondary N) is 1. The van der Waals surface area contributed by atoms with Crippen molar-refractivity contribution in [2.24, 2.45) is 0 Å². The molecule has 1 aromatic rings. The van der Waals surface area contributed by atoms with Crippen molar-refractivity contribution in [3.05, 3.63) is 29.8 Å². The molecule has 19 heavy (non-hydrogen) atoms. The Hall–Kier alpha value is -1.44. The molecule has 0 radical (unpaired) electrons. The standard InChI is InChI=1S/C12H15NO5S/c14-11(15)9-2-4-10(5-3-9)19(17,18)13-8-12(16)6-1-7-12/h2-5,13,16H,1,6-8H2,(H,14,15). The van der Waals surface area contributed by atoms with Crippen LogP contribution in [0.3, 0.4) is 0 Å². The Bertz CT molecular complexity index is 575. The third-order valence-corrected chi connectivity index (χ3v) is 4.70. The second-order valence-electron chi connectivity index (χ2n) is 4.73. The second kappa shape index (κ2) is 4.92. The number of hydrogen-bond acceptors (Lipinski definition) is 4. The highest BCUT2D eigenvalue weighted by molar-refractivity contribution is 7.89. The van der Waals surface area contributed by atoms with Crippen LogP contribution in [0, 0.1) is 0 Å². The summed E-state index contributed by atoms with van der Waals surface area (Å²) < 4.78 is 26.2. The van der Waals surface area contributed by atoms with Gasteiger partial charge < -0.3 is 10.2 Å². The first-order valence-electron chi connectivity index (χ1n) is 5.88. The summed E-state index contributed by atoms with van der Waals surface area (Å²) in [5.41, 5.74) is -0.912. The zero-order valence-electron chi connectivity index (χ0n) is 10.2. The summed E-state index contributed by atoms with van der Waals surface area (Å²) in [6, 6.07) is 4.93. The Morgan fingerprint density at radius 1 is 1.26 bits per heavy atom. The van der Waals surface area contributed by atoms with E-state index < -0.39 is 21.6 Å². The number of sulfonamides is 1. The molecule has 0 aromatic heterocycles. The van der Waals surface area contributed by atoms with E-state index in [4.69, 9.17) is 5.11 Å². The molecule has 6 nitrogen and oxygen atoms in total. The smallest absolute Gasteiger partial charge is 0.335 e. The number of hydrogen-bond donors (Lipinski definition) is 3. The lowest BCUT2D eigenvalue weighted by Crippen LogP contribution is -2.47. The fraction of sp³-hybridized carbons (Fsp3) is 0.417. The zero-order valence-corrected chi connectivity index (χ0v) is 11.0. The largest absolute Gasteiger partial charge is 0.478 e. The minimum atomic E-state index is -3.72. The van der Waals surface area contributed by atoms with Crippen molar-refractivity contribution >= 4 is 16.0 Å². The van der Waals surface area contributed by atoms with Gasteiger partial charge in [0.2, 0.25) is 10.0 Å². The molecule has 1 aliphatic rings. The van der Waals surface area contributed by atoms with Crippen LogP contribution in [0.4, 0.5) is 0 Å². The Morgan fingerprint density at radius 2 is 1.84 bits per heavy atom. The molecule has 3 N–H and O–H groups in total. The normalized spacial score (nSPS) is 17.7. The number of benzene rings is 1. The Labute approximate surface area is 111 Å². The van der Waals surface area contributed by atoms with Gasteiger partial charge in [-0.3, -0.25) is 0 Å². The minimum Gasteiger partial charge on any atom is -0.478 e. The molecule has 0 saturated heterocycles. The van der Waals surface area contributed by atoms with Gasteiger partial charge in [-0.2, -0.15) is 0 Å². The number of aromatic carboxylic acids is 1. The fourth-order valence-electron chi connectivity index (χ4n) is 1.85. The molecule has 0 spiro atoms. The van der Waals surface area contributed by atoms with Crippen LogP contribution < -0.4 is 4.72 Å². The van der Waals surface area contributed by atoms with Gasteiger partial charge in [-0.05, 0) is 43.5 Å². The molecule has 104 valence electrons. The lowest BCUT2D eigenvalue weighted by molar-refractivity contribution is -0.0270. The van der Waals surface area contributed by atoms with E-state index in [1.54, 1.807) is 0 Å². The van der Waals surface area contributed by atoms with Crippen LogP contribution in [0.1, 0.15) is 29.6 Å². The summed E-state index contributed by atoms with van der Waals surface area (Å²) in [4.78, 5) is 10.7. The van der Waals surface area contributed by atoms with Crippen LogP contribution >= 0.6 is 0 Å². The third kappa shape index (κ3) is 3.12. The van der Waals surface area contributed by atoms with Crippen molar-refractivity contribution in [1.29, 1.82) is 0 Å². The van der Waals surface area contributed by atoms with E-state index in [-0.39, 0.29) is 17.0 Å². The molecule has 0 heterocycles. The topological polar surface area (TPSA) is 104 Å². The third-order valence-electron chi connectivity index (χ3n) is 3.29. The lowest BCUT2D eigenvalue weighted by Gasteiger charge is -2.36. The minimum absolute atomic E-state index is 0.0135. The summed E-state index contributed by atoms with van der Waals surface area (Å²) in [5, 5.41) is 18.6. The Morgan fingerprint density at radius 3 is 2.26 bits per heavy atom. The fourth-order valence-corrected chi connectivity index (χ4v) is 2.97. The van der Waals surface area contributed by atoms with E-state index in [0.717, 1.165) is 6.42 Å². The van der Waals surface area contributed by atoms with E-state index in [1.807, 2.05) is 0 Å². The number of rotatable bonds is 5. The van der Waals surface area contributed by atoms with Gasteiger partial charge in [0.15, 0.2) is 0 Å². The van der Waals surface area contributed by atoms with E-state index in [0.29, 0.717) is 12.8 Å². The first-order chi connectivity index (χ1) is 8.82. The molecule has 2 rings (SSSR count). The number of carbonyl (C=O) groups is 1. The average molecular weight is 285 g/mol. The van der Waals surface area contributed by atoms with Crippen LogP contribution in [0.15, 0.2) is 29.2 Å². The van der Waals surface area contributed by atoms with Crippen LogP contribution in [-0.4, -0.2) is 36.7 Å². The maximum atomic E-state index is 11.9. The molecule has 0 bridgehead atoms. The van der Waals surface area contributed by atoms with Gasteiger partial charge in [-0.1, -0.05) is 0 Å². The highest BCUT2D eigenvalue weighted by atomic mass is 32.2. The van der Waals surface area contributed by atoms with E-state index >= 15 is 0 Å². The molecule has 0 aliphatic heterocycles. The molecule has 1 fully saturated rings. The SMILES string of the molecule is O=C(O)c1ccc(S(=O)(=O)NCC2(O)CCC2)cc1. The van der Waals surface area contributed by atoms with Crippen molar-refractivity contribution in [2.45, 2.75) is 29.8 Å². The second-order valence-corrected chi connectivity index (χ2v) is 6.50. The lowest BCUT2D eigenvalue weighted by atomic mass is 9.81. The van der Waals surface area contributed by atoms with Crippen molar-refractivity contribution < 1.29 is 23.4 Å². The maximum absolute atomic E-state index is 11.9. The Balaban J connectivity index is 2.08. The van der Waals surface area contributed by atoms with Crippen LogP contribution in [0.2, 0.25) is 0 Å². The molecule has 0 amide bonds. The van der Waals surface area contributed by atoms with Gasteiger partial charge >= 0.3 is 5.97 Å². The predicted octanol–water partition coefficient (Wildman–Crippen LogP) is 0.578.